The maximum absolute atomic E-state index is 11.2. The molecule has 102 valence electrons. The third kappa shape index (κ3) is 2.59. The number of carbonyl (C=O) groups excluding carboxylic acids is 2. The van der Waals surface area contributed by atoms with Crippen molar-refractivity contribution in [3.63, 3.8) is 0 Å². The van der Waals surface area contributed by atoms with E-state index in [1.807, 2.05) is 13.8 Å². The van der Waals surface area contributed by atoms with Gasteiger partial charge in [0.2, 0.25) is 5.88 Å². The SMILES string of the molecule is CNC(=O)COc1nc(C)c2c(c1C)CC(C=O)C2. The smallest absolute Gasteiger partial charge is 0.257 e. The van der Waals surface area contributed by atoms with Crippen molar-refractivity contribution >= 4 is 12.2 Å². The summed E-state index contributed by atoms with van der Waals surface area (Å²) in [5.74, 6) is 0.347. The molecule has 5 heteroatoms. The molecule has 0 saturated carbocycles. The van der Waals surface area contributed by atoms with E-state index >= 15 is 0 Å². The van der Waals surface area contributed by atoms with Gasteiger partial charge in [-0.05, 0) is 37.8 Å². The molecule has 0 spiro atoms. The highest BCUT2D eigenvalue weighted by atomic mass is 16.5. The Balaban J connectivity index is 2.26. The number of pyridine rings is 1. The maximum Gasteiger partial charge on any atom is 0.257 e. The number of amides is 1. The molecule has 0 aliphatic heterocycles. The Morgan fingerprint density at radius 2 is 2.11 bits per heavy atom. The zero-order valence-corrected chi connectivity index (χ0v) is 11.4. The van der Waals surface area contributed by atoms with Crippen molar-refractivity contribution in [2.45, 2.75) is 26.7 Å². The normalized spacial score (nSPS) is 16.9. The van der Waals surface area contributed by atoms with Crippen molar-refractivity contribution in [2.75, 3.05) is 13.7 Å². The molecule has 1 aliphatic rings. The first-order valence-corrected chi connectivity index (χ1v) is 6.34. The molecule has 1 N–H and O–H groups in total. The zero-order valence-electron chi connectivity index (χ0n) is 11.4. The number of aromatic nitrogens is 1. The minimum absolute atomic E-state index is 0.0420. The van der Waals surface area contributed by atoms with Crippen LogP contribution in [0.3, 0.4) is 0 Å². The lowest BCUT2D eigenvalue weighted by molar-refractivity contribution is -0.122. The molecular weight excluding hydrogens is 244 g/mol. The van der Waals surface area contributed by atoms with Gasteiger partial charge in [0.05, 0.1) is 0 Å². The van der Waals surface area contributed by atoms with E-state index in [4.69, 9.17) is 4.74 Å². The fourth-order valence-corrected chi connectivity index (χ4v) is 2.46. The molecule has 1 aromatic rings. The summed E-state index contributed by atoms with van der Waals surface area (Å²) in [5, 5.41) is 2.50. The topological polar surface area (TPSA) is 68.3 Å². The lowest BCUT2D eigenvalue weighted by Gasteiger charge is -2.13. The van der Waals surface area contributed by atoms with Crippen LogP contribution < -0.4 is 10.1 Å². The van der Waals surface area contributed by atoms with Gasteiger partial charge in [-0.1, -0.05) is 0 Å². The monoisotopic (exact) mass is 262 g/mol. The zero-order chi connectivity index (χ0) is 14.0. The van der Waals surface area contributed by atoms with E-state index in [1.54, 1.807) is 7.05 Å². The van der Waals surface area contributed by atoms with Crippen LogP contribution in [0, 0.1) is 19.8 Å². The van der Waals surface area contributed by atoms with Crippen molar-refractivity contribution in [1.82, 2.24) is 10.3 Å². The highest BCUT2D eigenvalue weighted by Crippen LogP contribution is 2.33. The molecule has 1 aliphatic carbocycles. The lowest BCUT2D eigenvalue weighted by atomic mass is 10.0. The number of aldehydes is 1. The summed E-state index contributed by atoms with van der Waals surface area (Å²) in [4.78, 5) is 26.5. The van der Waals surface area contributed by atoms with Gasteiger partial charge < -0.3 is 14.8 Å². The summed E-state index contributed by atoms with van der Waals surface area (Å²) in [6, 6.07) is 0. The van der Waals surface area contributed by atoms with Crippen LogP contribution in [0.15, 0.2) is 0 Å². The number of likely N-dealkylation sites (N-methyl/N-ethyl adjacent to an activating group) is 1. The highest BCUT2D eigenvalue weighted by molar-refractivity contribution is 5.77. The largest absolute Gasteiger partial charge is 0.467 e. The van der Waals surface area contributed by atoms with Crippen LogP contribution in [0.5, 0.6) is 5.88 Å². The van der Waals surface area contributed by atoms with Crippen molar-refractivity contribution < 1.29 is 14.3 Å². The molecule has 1 amide bonds. The first-order valence-electron chi connectivity index (χ1n) is 6.34. The number of nitrogens with zero attached hydrogens (tertiary/aromatic N) is 1. The van der Waals surface area contributed by atoms with E-state index in [0.717, 1.165) is 41.5 Å². The van der Waals surface area contributed by atoms with E-state index < -0.39 is 0 Å². The van der Waals surface area contributed by atoms with E-state index in [0.29, 0.717) is 5.88 Å². The van der Waals surface area contributed by atoms with E-state index in [9.17, 15) is 9.59 Å². The summed E-state index contributed by atoms with van der Waals surface area (Å²) in [5.41, 5.74) is 4.13. The summed E-state index contributed by atoms with van der Waals surface area (Å²) < 4.78 is 5.45. The second kappa shape index (κ2) is 5.38. The van der Waals surface area contributed by atoms with Gasteiger partial charge in [-0.2, -0.15) is 0 Å². The Kier molecular flexibility index (Phi) is 3.83. The predicted molar refractivity (Wildman–Crippen MR) is 70.2 cm³/mol. The van der Waals surface area contributed by atoms with Crippen LogP contribution in [-0.4, -0.2) is 30.8 Å². The molecule has 0 fully saturated rings. The summed E-state index contributed by atoms with van der Waals surface area (Å²) in [6.07, 6.45) is 2.50. The maximum atomic E-state index is 11.2. The van der Waals surface area contributed by atoms with Crippen molar-refractivity contribution in [2.24, 2.45) is 5.92 Å². The van der Waals surface area contributed by atoms with Crippen molar-refractivity contribution in [1.29, 1.82) is 0 Å². The van der Waals surface area contributed by atoms with Crippen LogP contribution in [0.2, 0.25) is 0 Å². The second-order valence-corrected chi connectivity index (χ2v) is 4.85. The van der Waals surface area contributed by atoms with Gasteiger partial charge in [0, 0.05) is 24.2 Å². The standard InChI is InChI=1S/C14H18N2O3/c1-8-11-4-10(6-17)5-12(11)9(2)16-14(8)19-7-13(18)15-3/h6,10H,4-5,7H2,1-3H3,(H,15,18). The van der Waals surface area contributed by atoms with Gasteiger partial charge >= 0.3 is 0 Å². The van der Waals surface area contributed by atoms with Gasteiger partial charge in [-0.15, -0.1) is 0 Å². The Hall–Kier alpha value is -1.91. The van der Waals surface area contributed by atoms with Gasteiger partial charge in [-0.25, -0.2) is 4.98 Å². The van der Waals surface area contributed by atoms with Gasteiger partial charge in [0.1, 0.15) is 6.29 Å². The van der Waals surface area contributed by atoms with Crippen LogP contribution in [0.4, 0.5) is 0 Å². The van der Waals surface area contributed by atoms with Crippen LogP contribution in [0.1, 0.15) is 22.4 Å². The van der Waals surface area contributed by atoms with Gasteiger partial charge in [0.15, 0.2) is 6.61 Å². The minimum atomic E-state index is -0.190. The molecule has 19 heavy (non-hydrogen) atoms. The number of fused-ring (bicyclic) bond motifs is 1. The fourth-order valence-electron chi connectivity index (χ4n) is 2.46. The number of rotatable bonds is 4. The van der Waals surface area contributed by atoms with Crippen molar-refractivity contribution in [3.8, 4) is 5.88 Å². The molecule has 0 bridgehead atoms. The minimum Gasteiger partial charge on any atom is -0.467 e. The molecule has 1 heterocycles. The summed E-state index contributed by atoms with van der Waals surface area (Å²) in [7, 11) is 1.56. The van der Waals surface area contributed by atoms with Crippen LogP contribution in [0.25, 0.3) is 0 Å². The molecule has 0 aromatic carbocycles. The average molecular weight is 262 g/mol. The molecule has 1 aromatic heterocycles. The van der Waals surface area contributed by atoms with E-state index in [-0.39, 0.29) is 18.4 Å². The Morgan fingerprint density at radius 3 is 2.74 bits per heavy atom. The van der Waals surface area contributed by atoms with Gasteiger partial charge in [0.25, 0.3) is 5.91 Å². The molecule has 0 radical (unpaired) electrons. The van der Waals surface area contributed by atoms with E-state index in [1.165, 1.54) is 0 Å². The summed E-state index contributed by atoms with van der Waals surface area (Å²) >= 11 is 0. The molecule has 0 saturated heterocycles. The van der Waals surface area contributed by atoms with Crippen LogP contribution in [-0.2, 0) is 22.4 Å². The molecule has 1 atom stereocenters. The number of hydrogen-bond acceptors (Lipinski definition) is 4. The Morgan fingerprint density at radius 1 is 1.42 bits per heavy atom. The average Bonchev–Trinajstić information content (AvgIpc) is 2.85. The second-order valence-electron chi connectivity index (χ2n) is 4.85. The molecule has 2 rings (SSSR count). The van der Waals surface area contributed by atoms with Gasteiger partial charge in [-0.3, -0.25) is 4.79 Å². The first-order chi connectivity index (χ1) is 9.06. The first kappa shape index (κ1) is 13.5. The molecule has 5 nitrogen and oxygen atoms in total. The third-order valence-corrected chi connectivity index (χ3v) is 3.59. The third-order valence-electron chi connectivity index (χ3n) is 3.59. The summed E-state index contributed by atoms with van der Waals surface area (Å²) in [6.45, 7) is 3.80. The fraction of sp³-hybridized carbons (Fsp3) is 0.500. The number of ether oxygens (including phenoxy) is 1. The number of nitrogens with one attached hydrogen (secondary N) is 1. The number of hydrogen-bond donors (Lipinski definition) is 1. The number of carbonyl (C=O) groups is 2. The van der Waals surface area contributed by atoms with Crippen molar-refractivity contribution in [3.05, 3.63) is 22.4 Å². The lowest BCUT2D eigenvalue weighted by Crippen LogP contribution is -2.25. The highest BCUT2D eigenvalue weighted by Gasteiger charge is 2.27. The Labute approximate surface area is 112 Å². The molecule has 1 unspecified atom stereocenters. The predicted octanol–water partition coefficient (Wildman–Crippen LogP) is 0.737. The van der Waals surface area contributed by atoms with E-state index in [2.05, 4.69) is 10.3 Å². The quantitative estimate of drug-likeness (QED) is 0.812. The Bertz CT molecular complexity index is 526. The van der Waals surface area contributed by atoms with Crippen LogP contribution >= 0.6 is 0 Å². The molecular formula is C14H18N2O3. The number of aryl methyl sites for hydroxylation is 1.